The lowest BCUT2D eigenvalue weighted by Gasteiger charge is -2.22. The maximum Gasteiger partial charge on any atom is 0.258 e. The maximum atomic E-state index is 6.31. The van der Waals surface area contributed by atoms with Crippen LogP contribution in [0.3, 0.4) is 0 Å². The number of benzene rings is 1. The van der Waals surface area contributed by atoms with Crippen LogP contribution >= 0.6 is 22.2 Å². The van der Waals surface area contributed by atoms with Crippen LogP contribution in [-0.4, -0.2) is 6.69 Å². The topological polar surface area (TPSA) is 0 Å². The van der Waals surface area contributed by atoms with E-state index in [0.29, 0.717) is 5.54 Å². The van der Waals surface area contributed by atoms with Crippen LogP contribution in [0.25, 0.3) is 0 Å². The first-order chi connectivity index (χ1) is 6.08. The number of rotatable bonds is 3. The molecular weight excluding hydrogens is 219 g/mol. The van der Waals surface area contributed by atoms with Crippen molar-refractivity contribution in [2.24, 2.45) is 0 Å². The average Bonchev–Trinajstić information content (AvgIpc) is 2.18. The number of hydrogen-bond donors (Lipinski definition) is 0. The van der Waals surface area contributed by atoms with E-state index >= 15 is 0 Å². The van der Waals surface area contributed by atoms with Crippen molar-refractivity contribution in [1.82, 2.24) is 0 Å². The van der Waals surface area contributed by atoms with Crippen molar-refractivity contribution in [2.45, 2.75) is 25.4 Å². The molecule has 0 aliphatic rings. The van der Waals surface area contributed by atoms with E-state index < -0.39 is 6.69 Å². The Hall–Kier alpha value is 0.0169. The summed E-state index contributed by atoms with van der Waals surface area (Å²) in [4.78, 5) is 0. The van der Waals surface area contributed by atoms with Gasteiger partial charge in [-0.3, -0.25) is 0 Å². The van der Waals surface area contributed by atoms with Crippen molar-refractivity contribution in [3.05, 3.63) is 35.9 Å². The second kappa shape index (κ2) is 4.49. The summed E-state index contributed by atoms with van der Waals surface area (Å²) in [6.45, 7) is 2.10. The molecule has 0 aliphatic heterocycles. The van der Waals surface area contributed by atoms with E-state index in [2.05, 4.69) is 26.0 Å². The Balaban J connectivity index is 2.85. The van der Waals surface area contributed by atoms with Crippen molar-refractivity contribution in [2.75, 3.05) is 0 Å². The fraction of sp³-hybridized carbons (Fsp3) is 0.400. The quantitative estimate of drug-likeness (QED) is 0.540. The Labute approximate surface area is 90.3 Å². The fourth-order valence-electron chi connectivity index (χ4n) is 1.29. The second-order valence-electron chi connectivity index (χ2n) is 3.25. The van der Waals surface area contributed by atoms with E-state index in [9.17, 15) is 0 Å². The minimum absolute atomic E-state index is 0.307. The van der Waals surface area contributed by atoms with Crippen molar-refractivity contribution in [1.29, 1.82) is 0 Å². The molecule has 0 saturated carbocycles. The zero-order valence-electron chi connectivity index (χ0n) is 7.93. The largest absolute Gasteiger partial charge is 0.258 e. The Morgan fingerprint density at radius 1 is 1.23 bits per heavy atom. The van der Waals surface area contributed by atoms with Gasteiger partial charge in [0.15, 0.2) is 0 Å². The highest BCUT2D eigenvalue weighted by Gasteiger charge is 2.34. The average molecular weight is 233 g/mol. The molecule has 0 spiro atoms. The van der Waals surface area contributed by atoms with E-state index in [1.54, 1.807) is 0 Å². The highest BCUT2D eigenvalue weighted by Crippen LogP contribution is 2.35. The van der Waals surface area contributed by atoms with Crippen LogP contribution < -0.4 is 0 Å². The molecule has 0 radical (unpaired) electrons. The van der Waals surface area contributed by atoms with Crippen LogP contribution in [0.1, 0.15) is 25.0 Å². The molecular formula is C10H14Cl2Si. The molecule has 0 aliphatic carbocycles. The van der Waals surface area contributed by atoms with Crippen LogP contribution in [0.5, 0.6) is 0 Å². The number of halogens is 2. The summed E-state index contributed by atoms with van der Waals surface area (Å²) in [7, 11) is 0. The monoisotopic (exact) mass is 232 g/mol. The molecule has 0 N–H and O–H groups in total. The van der Waals surface area contributed by atoms with Gasteiger partial charge in [0.05, 0.1) is 0 Å². The molecule has 0 heterocycles. The summed E-state index contributed by atoms with van der Waals surface area (Å²) in [6, 6.07) is 11.1. The smallest absolute Gasteiger partial charge is 0.145 e. The van der Waals surface area contributed by atoms with Gasteiger partial charge >= 0.3 is 0 Å². The van der Waals surface area contributed by atoms with E-state index in [1.807, 2.05) is 18.2 Å². The predicted octanol–water partition coefficient (Wildman–Crippen LogP) is 4.27. The SMILES string of the molecule is CC[Si](Cl)(Cl)C(C)c1ccccc1. The zero-order chi connectivity index (χ0) is 9.90. The minimum atomic E-state index is -2.08. The lowest BCUT2D eigenvalue weighted by molar-refractivity contribution is 1.04. The lowest BCUT2D eigenvalue weighted by atomic mass is 10.2. The molecule has 1 rings (SSSR count). The third kappa shape index (κ3) is 2.73. The third-order valence-electron chi connectivity index (χ3n) is 2.40. The van der Waals surface area contributed by atoms with Gasteiger partial charge in [-0.05, 0) is 11.6 Å². The van der Waals surface area contributed by atoms with Gasteiger partial charge in [-0.15, -0.1) is 22.2 Å². The summed E-state index contributed by atoms with van der Waals surface area (Å²) in [6.07, 6.45) is 0. The van der Waals surface area contributed by atoms with Crippen LogP contribution in [0.15, 0.2) is 30.3 Å². The van der Waals surface area contributed by atoms with Gasteiger partial charge in [-0.1, -0.05) is 44.2 Å². The highest BCUT2D eigenvalue weighted by molar-refractivity contribution is 7.45. The molecule has 1 aromatic carbocycles. The molecule has 0 nitrogen and oxygen atoms in total. The minimum Gasteiger partial charge on any atom is -0.145 e. The van der Waals surface area contributed by atoms with E-state index in [4.69, 9.17) is 22.2 Å². The Morgan fingerprint density at radius 2 is 1.77 bits per heavy atom. The normalized spacial score (nSPS) is 14.2. The first kappa shape index (κ1) is 11.1. The number of hydrogen-bond acceptors (Lipinski definition) is 0. The van der Waals surface area contributed by atoms with Crippen LogP contribution in [-0.2, 0) is 0 Å². The lowest BCUT2D eigenvalue weighted by Crippen LogP contribution is -2.26. The van der Waals surface area contributed by atoms with Crippen molar-refractivity contribution < 1.29 is 0 Å². The molecule has 1 atom stereocenters. The highest BCUT2D eigenvalue weighted by atomic mass is 35.7. The molecule has 0 aromatic heterocycles. The molecule has 13 heavy (non-hydrogen) atoms. The van der Waals surface area contributed by atoms with E-state index in [0.717, 1.165) is 6.04 Å². The summed E-state index contributed by atoms with van der Waals surface area (Å²) in [5, 5.41) is 0. The van der Waals surface area contributed by atoms with Crippen molar-refractivity contribution in [3.8, 4) is 0 Å². The van der Waals surface area contributed by atoms with Gasteiger partial charge in [-0.2, -0.15) is 0 Å². The molecule has 1 unspecified atom stereocenters. The van der Waals surface area contributed by atoms with Gasteiger partial charge < -0.3 is 0 Å². The van der Waals surface area contributed by atoms with Gasteiger partial charge in [-0.25, -0.2) is 0 Å². The molecule has 0 amide bonds. The van der Waals surface area contributed by atoms with E-state index in [1.165, 1.54) is 5.56 Å². The molecule has 1 aromatic rings. The Bertz CT molecular complexity index is 259. The van der Waals surface area contributed by atoms with Crippen LogP contribution in [0.4, 0.5) is 0 Å². The Morgan fingerprint density at radius 3 is 2.23 bits per heavy atom. The van der Waals surface area contributed by atoms with E-state index in [-0.39, 0.29) is 0 Å². The summed E-state index contributed by atoms with van der Waals surface area (Å²) in [5.74, 6) is 0. The maximum absolute atomic E-state index is 6.31. The second-order valence-corrected chi connectivity index (χ2v) is 11.0. The first-order valence-corrected chi connectivity index (χ1v) is 8.81. The standard InChI is InChI=1S/C10H14Cl2Si/c1-3-13(11,12)9(2)10-7-5-4-6-8-10/h4-9H,3H2,1-2H3. The Kier molecular flexibility index (Phi) is 3.83. The van der Waals surface area contributed by atoms with Crippen molar-refractivity contribution in [3.63, 3.8) is 0 Å². The van der Waals surface area contributed by atoms with Gasteiger partial charge in [0.1, 0.15) is 0 Å². The molecule has 3 heteroatoms. The summed E-state index contributed by atoms with van der Waals surface area (Å²) < 4.78 is 0. The van der Waals surface area contributed by atoms with Crippen molar-refractivity contribution >= 4 is 28.9 Å². The third-order valence-corrected chi connectivity index (χ3v) is 8.52. The van der Waals surface area contributed by atoms with Gasteiger partial charge in [0.25, 0.3) is 6.69 Å². The van der Waals surface area contributed by atoms with Gasteiger partial charge in [0.2, 0.25) is 0 Å². The van der Waals surface area contributed by atoms with Crippen LogP contribution in [0.2, 0.25) is 6.04 Å². The molecule has 0 saturated heterocycles. The fourth-order valence-corrected chi connectivity index (χ4v) is 3.34. The summed E-state index contributed by atoms with van der Waals surface area (Å²) >= 11 is 12.6. The first-order valence-electron chi connectivity index (χ1n) is 4.50. The van der Waals surface area contributed by atoms with Gasteiger partial charge in [0, 0.05) is 5.54 Å². The van der Waals surface area contributed by atoms with Crippen LogP contribution in [0, 0.1) is 0 Å². The molecule has 72 valence electrons. The summed E-state index contributed by atoms with van der Waals surface area (Å²) in [5.41, 5.74) is 1.56. The predicted molar refractivity (Wildman–Crippen MR) is 62.8 cm³/mol. The molecule has 0 fully saturated rings. The zero-order valence-corrected chi connectivity index (χ0v) is 10.4. The molecule has 0 bridgehead atoms.